The van der Waals surface area contributed by atoms with Gasteiger partial charge >= 0.3 is 0 Å². The average molecular weight is 247 g/mol. The third kappa shape index (κ3) is 3.58. The van der Waals surface area contributed by atoms with Crippen LogP contribution in [0.1, 0.15) is 33.6 Å². The topological polar surface area (TPSA) is 57.8 Å². The summed E-state index contributed by atoms with van der Waals surface area (Å²) in [5.74, 6) is 0.409. The van der Waals surface area contributed by atoms with Crippen molar-refractivity contribution in [1.82, 2.24) is 9.97 Å². The Bertz CT molecular complexity index is 534. The predicted octanol–water partition coefficient (Wildman–Crippen LogP) is 3.16. The van der Waals surface area contributed by atoms with Crippen molar-refractivity contribution in [2.24, 2.45) is 0 Å². The summed E-state index contributed by atoms with van der Waals surface area (Å²) in [5.41, 5.74) is 1.42. The molecular weight excluding hydrogens is 226 g/mol. The van der Waals surface area contributed by atoms with Gasteiger partial charge in [-0.3, -0.25) is 4.79 Å². The van der Waals surface area contributed by atoms with Gasteiger partial charge < -0.3 is 10.3 Å². The minimum Gasteiger partial charge on any atom is -0.365 e. The molecule has 1 heterocycles. The van der Waals surface area contributed by atoms with E-state index in [-0.39, 0.29) is 5.56 Å². The lowest BCUT2D eigenvalue weighted by molar-refractivity contribution is 0.829. The Morgan fingerprint density at radius 3 is 2.72 bits per heavy atom. The first-order chi connectivity index (χ1) is 8.81. The average Bonchev–Trinajstić information content (AvgIpc) is 2.42. The molecule has 0 unspecified atom stereocenters. The third-order valence-corrected chi connectivity index (χ3v) is 2.42. The van der Waals surface area contributed by atoms with Gasteiger partial charge in [-0.05, 0) is 18.6 Å². The van der Waals surface area contributed by atoms with Gasteiger partial charge in [0.15, 0.2) is 5.82 Å². The van der Waals surface area contributed by atoms with Crippen molar-refractivity contribution in [2.45, 2.75) is 33.6 Å². The number of hydrogen-bond acceptors (Lipinski definition) is 3. The molecule has 98 valence electrons. The van der Waals surface area contributed by atoms with Crippen LogP contribution >= 0.6 is 0 Å². The highest BCUT2D eigenvalue weighted by atomic mass is 16.1. The fourth-order valence-corrected chi connectivity index (χ4v) is 1.53. The van der Waals surface area contributed by atoms with Crippen LogP contribution in [-0.2, 0) is 0 Å². The molecule has 0 bridgehead atoms. The number of anilines is 1. The Morgan fingerprint density at radius 1 is 1.28 bits per heavy atom. The van der Waals surface area contributed by atoms with Crippen LogP contribution in [0.3, 0.4) is 0 Å². The number of unbranched alkanes of at least 4 members (excludes halogenated alkanes) is 1. The van der Waals surface area contributed by atoms with E-state index in [1.165, 1.54) is 0 Å². The van der Waals surface area contributed by atoms with E-state index < -0.39 is 0 Å². The summed E-state index contributed by atoms with van der Waals surface area (Å²) >= 11 is 0. The van der Waals surface area contributed by atoms with Gasteiger partial charge in [0.2, 0.25) is 0 Å². The fourth-order valence-electron chi connectivity index (χ4n) is 1.53. The van der Waals surface area contributed by atoms with Crippen LogP contribution in [-0.4, -0.2) is 16.5 Å². The highest BCUT2D eigenvalue weighted by Crippen LogP contribution is 2.07. The van der Waals surface area contributed by atoms with Crippen LogP contribution in [0.15, 0.2) is 29.1 Å². The number of rotatable bonds is 4. The molecule has 2 N–H and O–H groups in total. The summed E-state index contributed by atoms with van der Waals surface area (Å²) < 4.78 is 0. The summed E-state index contributed by atoms with van der Waals surface area (Å²) in [6, 6.07) is 7.52. The molecule has 0 amide bonds. The monoisotopic (exact) mass is 247 g/mol. The molecule has 4 nitrogen and oxygen atoms in total. The van der Waals surface area contributed by atoms with E-state index in [4.69, 9.17) is 0 Å². The smallest absolute Gasteiger partial charge is 0.291 e. The predicted molar refractivity (Wildman–Crippen MR) is 77.1 cm³/mol. The Labute approximate surface area is 107 Å². The van der Waals surface area contributed by atoms with E-state index in [0.717, 1.165) is 30.4 Å². The molecule has 0 radical (unpaired) electrons. The second-order valence-electron chi connectivity index (χ2n) is 3.71. The zero-order valence-corrected chi connectivity index (χ0v) is 11.3. The third-order valence-electron chi connectivity index (χ3n) is 2.42. The summed E-state index contributed by atoms with van der Waals surface area (Å²) in [7, 11) is 0. The van der Waals surface area contributed by atoms with E-state index in [1.807, 2.05) is 38.1 Å². The fraction of sp³-hybridized carbons (Fsp3) is 0.429. The summed E-state index contributed by atoms with van der Waals surface area (Å²) in [6.45, 7) is 6.89. The van der Waals surface area contributed by atoms with Crippen molar-refractivity contribution in [3.63, 3.8) is 0 Å². The minimum absolute atomic E-state index is 0.158. The van der Waals surface area contributed by atoms with Crippen molar-refractivity contribution in [3.8, 4) is 0 Å². The quantitative estimate of drug-likeness (QED) is 0.816. The van der Waals surface area contributed by atoms with Gasteiger partial charge in [-0.2, -0.15) is 0 Å². The molecule has 0 atom stereocenters. The number of aromatic amines is 1. The number of nitrogens with one attached hydrogen (secondary N) is 2. The molecular formula is C14H21N3O. The van der Waals surface area contributed by atoms with Crippen LogP contribution in [0.5, 0.6) is 0 Å². The lowest BCUT2D eigenvalue weighted by Crippen LogP contribution is -2.16. The lowest BCUT2D eigenvalue weighted by Gasteiger charge is -2.04. The Hall–Kier alpha value is -1.84. The molecule has 2 rings (SSSR count). The van der Waals surface area contributed by atoms with E-state index >= 15 is 0 Å². The maximum absolute atomic E-state index is 11.6. The van der Waals surface area contributed by atoms with Crippen LogP contribution < -0.4 is 10.9 Å². The molecule has 0 saturated carbocycles. The number of fused-ring (bicyclic) bond motifs is 1. The Kier molecular flexibility index (Phi) is 5.91. The van der Waals surface area contributed by atoms with Gasteiger partial charge in [-0.15, -0.1) is 0 Å². The van der Waals surface area contributed by atoms with Gasteiger partial charge in [0.05, 0.1) is 11.0 Å². The van der Waals surface area contributed by atoms with Crippen molar-refractivity contribution in [2.75, 3.05) is 11.9 Å². The van der Waals surface area contributed by atoms with Crippen LogP contribution in [0, 0.1) is 0 Å². The van der Waals surface area contributed by atoms with Crippen LogP contribution in [0.2, 0.25) is 0 Å². The standard InChI is InChI=1S/C12H15N3O.C2H6/c1-2-3-8-13-11-12(16)15-10-7-5-4-6-9(10)14-11;1-2/h4-7H,2-3,8H2,1H3,(H,13,14)(H,15,16);1-2H3. The first-order valence-electron chi connectivity index (χ1n) is 6.54. The SMILES string of the molecule is CC.CCCCNc1nc2ccccc2[nH]c1=O. The zero-order chi connectivity index (χ0) is 13.4. The second-order valence-corrected chi connectivity index (χ2v) is 3.71. The maximum Gasteiger partial charge on any atom is 0.291 e. The number of H-pyrrole nitrogens is 1. The van der Waals surface area contributed by atoms with Crippen molar-refractivity contribution < 1.29 is 0 Å². The number of hydrogen-bond donors (Lipinski definition) is 2. The molecule has 0 aliphatic heterocycles. The van der Waals surface area contributed by atoms with E-state index in [2.05, 4.69) is 22.2 Å². The maximum atomic E-state index is 11.6. The molecule has 0 aliphatic carbocycles. The Morgan fingerprint density at radius 2 is 2.00 bits per heavy atom. The summed E-state index contributed by atoms with van der Waals surface area (Å²) in [4.78, 5) is 18.7. The van der Waals surface area contributed by atoms with Crippen molar-refractivity contribution >= 4 is 16.9 Å². The van der Waals surface area contributed by atoms with Gasteiger partial charge in [-0.25, -0.2) is 4.98 Å². The number of nitrogens with zero attached hydrogens (tertiary/aromatic N) is 1. The van der Waals surface area contributed by atoms with Crippen LogP contribution in [0.4, 0.5) is 5.82 Å². The molecule has 0 spiro atoms. The highest BCUT2D eigenvalue weighted by molar-refractivity contribution is 5.75. The number of benzene rings is 1. The first-order valence-corrected chi connectivity index (χ1v) is 6.54. The second kappa shape index (κ2) is 7.48. The highest BCUT2D eigenvalue weighted by Gasteiger charge is 2.02. The molecule has 1 aromatic carbocycles. The normalized spacial score (nSPS) is 9.72. The van der Waals surface area contributed by atoms with E-state index in [1.54, 1.807) is 0 Å². The molecule has 0 aliphatic rings. The van der Waals surface area contributed by atoms with Gasteiger partial charge in [-0.1, -0.05) is 39.3 Å². The van der Waals surface area contributed by atoms with Crippen LogP contribution in [0.25, 0.3) is 11.0 Å². The van der Waals surface area contributed by atoms with E-state index in [0.29, 0.717) is 5.82 Å². The van der Waals surface area contributed by atoms with Gasteiger partial charge in [0, 0.05) is 6.54 Å². The Balaban J connectivity index is 0.000000771. The van der Waals surface area contributed by atoms with Crippen molar-refractivity contribution in [1.29, 1.82) is 0 Å². The van der Waals surface area contributed by atoms with Crippen molar-refractivity contribution in [3.05, 3.63) is 34.6 Å². The summed E-state index contributed by atoms with van der Waals surface area (Å²) in [5, 5.41) is 3.05. The molecule has 4 heteroatoms. The number of para-hydroxylation sites is 2. The summed E-state index contributed by atoms with van der Waals surface area (Å²) in [6.07, 6.45) is 2.13. The molecule has 1 aromatic heterocycles. The molecule has 18 heavy (non-hydrogen) atoms. The van der Waals surface area contributed by atoms with E-state index in [9.17, 15) is 4.79 Å². The molecule has 0 saturated heterocycles. The first kappa shape index (κ1) is 14.2. The zero-order valence-electron chi connectivity index (χ0n) is 11.3. The molecule has 2 aromatic rings. The minimum atomic E-state index is -0.158. The van der Waals surface area contributed by atoms with Gasteiger partial charge in [0.25, 0.3) is 5.56 Å². The molecule has 0 fully saturated rings. The largest absolute Gasteiger partial charge is 0.365 e. The number of aromatic nitrogens is 2. The lowest BCUT2D eigenvalue weighted by atomic mass is 10.3. The van der Waals surface area contributed by atoms with Gasteiger partial charge in [0.1, 0.15) is 0 Å².